The van der Waals surface area contributed by atoms with E-state index in [4.69, 9.17) is 9.47 Å². The Morgan fingerprint density at radius 2 is 2.22 bits per heavy atom. The summed E-state index contributed by atoms with van der Waals surface area (Å²) < 4.78 is 14.8. The van der Waals surface area contributed by atoms with Crippen molar-refractivity contribution in [3.05, 3.63) is 34.9 Å². The van der Waals surface area contributed by atoms with Crippen molar-refractivity contribution in [2.75, 3.05) is 6.61 Å². The zero-order valence-corrected chi connectivity index (χ0v) is 12.1. The summed E-state index contributed by atoms with van der Waals surface area (Å²) in [4.78, 5) is 0. The van der Waals surface area contributed by atoms with Crippen molar-refractivity contribution in [3.63, 3.8) is 0 Å². The van der Waals surface area contributed by atoms with Crippen LogP contribution in [0.3, 0.4) is 0 Å². The fourth-order valence-electron chi connectivity index (χ4n) is 2.42. The molecule has 0 saturated carbocycles. The number of nitrogens with zero attached hydrogens (tertiary/aromatic N) is 1. The molecule has 4 heteroatoms. The average molecular weight is 310 g/mol. The Balaban J connectivity index is 1.86. The van der Waals surface area contributed by atoms with Crippen molar-refractivity contribution in [1.29, 1.82) is 0 Å². The minimum atomic E-state index is -0.450. The third-order valence-corrected chi connectivity index (χ3v) is 3.92. The molecule has 0 amide bonds. The molecule has 3 nitrogen and oxygen atoms in total. The Morgan fingerprint density at radius 1 is 1.39 bits per heavy atom. The summed E-state index contributed by atoms with van der Waals surface area (Å²) in [5, 5.41) is 1.23. The van der Waals surface area contributed by atoms with Gasteiger partial charge >= 0.3 is 0 Å². The van der Waals surface area contributed by atoms with Gasteiger partial charge in [0, 0.05) is 21.6 Å². The van der Waals surface area contributed by atoms with Gasteiger partial charge in [-0.2, -0.15) is 0 Å². The van der Waals surface area contributed by atoms with Crippen molar-refractivity contribution in [1.82, 2.24) is 4.57 Å². The Morgan fingerprint density at radius 3 is 2.94 bits per heavy atom. The maximum absolute atomic E-state index is 5.85. The summed E-state index contributed by atoms with van der Waals surface area (Å²) in [6, 6.07) is 8.37. The van der Waals surface area contributed by atoms with Crippen LogP contribution in [-0.2, 0) is 16.0 Å². The van der Waals surface area contributed by atoms with Gasteiger partial charge in [0.2, 0.25) is 0 Å². The first kappa shape index (κ1) is 12.2. The quantitative estimate of drug-likeness (QED) is 0.847. The van der Waals surface area contributed by atoms with Gasteiger partial charge in [-0.3, -0.25) is 0 Å². The highest BCUT2D eigenvalue weighted by Crippen LogP contribution is 2.27. The van der Waals surface area contributed by atoms with Crippen LogP contribution in [0.1, 0.15) is 13.8 Å². The fraction of sp³-hybridized carbons (Fsp3) is 0.429. The third kappa shape index (κ3) is 2.20. The Kier molecular flexibility index (Phi) is 2.96. The normalized spacial score (nSPS) is 22.7. The molecule has 1 unspecified atom stereocenters. The predicted octanol–water partition coefficient (Wildman–Crippen LogP) is 3.56. The monoisotopic (exact) mass is 309 g/mol. The zero-order valence-electron chi connectivity index (χ0n) is 10.5. The fourth-order valence-corrected chi connectivity index (χ4v) is 2.91. The van der Waals surface area contributed by atoms with Crippen LogP contribution in [0.4, 0.5) is 0 Å². The lowest BCUT2D eigenvalue weighted by Crippen LogP contribution is -2.23. The van der Waals surface area contributed by atoms with E-state index >= 15 is 0 Å². The van der Waals surface area contributed by atoms with Crippen LogP contribution < -0.4 is 0 Å². The van der Waals surface area contributed by atoms with Gasteiger partial charge < -0.3 is 14.0 Å². The summed E-state index contributed by atoms with van der Waals surface area (Å²) in [6.07, 6.45) is 2.22. The maximum Gasteiger partial charge on any atom is 0.163 e. The summed E-state index contributed by atoms with van der Waals surface area (Å²) in [5.41, 5.74) is 1.22. The molecule has 96 valence electrons. The summed E-state index contributed by atoms with van der Waals surface area (Å²) in [7, 11) is 0. The van der Waals surface area contributed by atoms with E-state index in [0.717, 1.165) is 11.0 Å². The van der Waals surface area contributed by atoms with Crippen LogP contribution in [0.2, 0.25) is 0 Å². The molecular weight excluding hydrogens is 294 g/mol. The van der Waals surface area contributed by atoms with Gasteiger partial charge in [0.25, 0.3) is 0 Å². The molecule has 3 rings (SSSR count). The van der Waals surface area contributed by atoms with Gasteiger partial charge in [0.1, 0.15) is 6.10 Å². The standard InChI is InChI=1S/C14H16BrNO2/c1-14(2)17-9-10(18-14)8-16-7-6-11-12(15)4-3-5-13(11)16/h3-7,10H,8-9H2,1-2H3. The molecule has 1 saturated heterocycles. The number of rotatable bonds is 2. The second kappa shape index (κ2) is 4.37. The van der Waals surface area contributed by atoms with Crippen LogP contribution in [-0.4, -0.2) is 23.1 Å². The van der Waals surface area contributed by atoms with Crippen LogP contribution >= 0.6 is 15.9 Å². The van der Waals surface area contributed by atoms with Gasteiger partial charge in [-0.15, -0.1) is 0 Å². The van der Waals surface area contributed by atoms with Crippen molar-refractivity contribution in [2.24, 2.45) is 0 Å². The Bertz CT molecular complexity index is 576. The van der Waals surface area contributed by atoms with Gasteiger partial charge in [-0.1, -0.05) is 22.0 Å². The van der Waals surface area contributed by atoms with E-state index in [2.05, 4.69) is 51.0 Å². The van der Waals surface area contributed by atoms with E-state index < -0.39 is 5.79 Å². The molecule has 1 aromatic heterocycles. The van der Waals surface area contributed by atoms with Gasteiger partial charge in [-0.25, -0.2) is 0 Å². The summed E-state index contributed by atoms with van der Waals surface area (Å²) >= 11 is 3.57. The average Bonchev–Trinajstić information content (AvgIpc) is 2.85. The van der Waals surface area contributed by atoms with Crippen LogP contribution in [0.5, 0.6) is 0 Å². The van der Waals surface area contributed by atoms with E-state index in [-0.39, 0.29) is 6.10 Å². The van der Waals surface area contributed by atoms with Crippen LogP contribution in [0.15, 0.2) is 34.9 Å². The number of aromatic nitrogens is 1. The van der Waals surface area contributed by atoms with E-state index in [0.29, 0.717) is 6.61 Å². The topological polar surface area (TPSA) is 23.4 Å². The second-order valence-electron chi connectivity index (χ2n) is 5.09. The highest BCUT2D eigenvalue weighted by molar-refractivity contribution is 9.10. The lowest BCUT2D eigenvalue weighted by molar-refractivity contribution is -0.139. The van der Waals surface area contributed by atoms with Crippen molar-refractivity contribution < 1.29 is 9.47 Å². The van der Waals surface area contributed by atoms with Crippen molar-refractivity contribution in [2.45, 2.75) is 32.3 Å². The SMILES string of the molecule is CC1(C)OCC(Cn2ccc3c(Br)cccc32)O1. The second-order valence-corrected chi connectivity index (χ2v) is 5.95. The molecule has 1 aliphatic heterocycles. The Hall–Kier alpha value is -0.840. The summed E-state index contributed by atoms with van der Waals surface area (Å²) in [5.74, 6) is -0.450. The highest BCUT2D eigenvalue weighted by Gasteiger charge is 2.32. The van der Waals surface area contributed by atoms with E-state index in [1.807, 2.05) is 13.8 Å². The van der Waals surface area contributed by atoms with Crippen LogP contribution in [0, 0.1) is 0 Å². The van der Waals surface area contributed by atoms with Crippen molar-refractivity contribution >= 4 is 26.8 Å². The molecule has 1 aromatic carbocycles. The van der Waals surface area contributed by atoms with Crippen molar-refractivity contribution in [3.8, 4) is 0 Å². The molecule has 1 fully saturated rings. The molecule has 0 spiro atoms. The minimum Gasteiger partial charge on any atom is -0.348 e. The van der Waals surface area contributed by atoms with Gasteiger partial charge in [-0.05, 0) is 32.0 Å². The molecule has 0 aliphatic carbocycles. The molecule has 1 aliphatic rings. The smallest absolute Gasteiger partial charge is 0.163 e. The van der Waals surface area contributed by atoms with E-state index in [1.165, 1.54) is 10.9 Å². The van der Waals surface area contributed by atoms with E-state index in [9.17, 15) is 0 Å². The molecule has 0 N–H and O–H groups in total. The van der Waals surface area contributed by atoms with Gasteiger partial charge in [0.05, 0.1) is 13.2 Å². The first-order valence-electron chi connectivity index (χ1n) is 6.10. The lowest BCUT2D eigenvalue weighted by Gasteiger charge is -2.17. The zero-order chi connectivity index (χ0) is 12.8. The number of hydrogen-bond acceptors (Lipinski definition) is 2. The lowest BCUT2D eigenvalue weighted by atomic mass is 10.2. The minimum absolute atomic E-state index is 0.120. The Labute approximate surface area is 115 Å². The predicted molar refractivity (Wildman–Crippen MR) is 74.5 cm³/mol. The number of fused-ring (bicyclic) bond motifs is 1. The number of benzene rings is 1. The molecule has 18 heavy (non-hydrogen) atoms. The molecular formula is C14H16BrNO2. The third-order valence-electron chi connectivity index (χ3n) is 3.23. The first-order chi connectivity index (χ1) is 8.55. The highest BCUT2D eigenvalue weighted by atomic mass is 79.9. The number of hydrogen-bond donors (Lipinski definition) is 0. The summed E-state index contributed by atoms with van der Waals surface area (Å²) in [6.45, 7) is 5.39. The molecule has 0 bridgehead atoms. The largest absolute Gasteiger partial charge is 0.348 e. The maximum atomic E-state index is 5.85. The molecule has 0 radical (unpaired) electrons. The first-order valence-corrected chi connectivity index (χ1v) is 6.90. The van der Waals surface area contributed by atoms with E-state index in [1.54, 1.807) is 0 Å². The molecule has 1 atom stereocenters. The number of halogens is 1. The molecule has 2 aromatic rings. The van der Waals surface area contributed by atoms with Crippen LogP contribution in [0.25, 0.3) is 10.9 Å². The molecule has 2 heterocycles. The number of ether oxygens (including phenoxy) is 2. The van der Waals surface area contributed by atoms with Gasteiger partial charge in [0.15, 0.2) is 5.79 Å².